The molecule has 0 spiro atoms. The van der Waals surface area contributed by atoms with Gasteiger partial charge in [-0.05, 0) is 21.8 Å². The zero-order chi connectivity index (χ0) is 10.9. The molecule has 0 atom stereocenters. The van der Waals surface area contributed by atoms with Crippen molar-refractivity contribution in [2.75, 3.05) is 6.54 Å². The lowest BCUT2D eigenvalue weighted by molar-refractivity contribution is 0.443. The lowest BCUT2D eigenvalue weighted by Crippen LogP contribution is -2.34. The molecule has 0 radical (unpaired) electrons. The largest absolute Gasteiger partial charge is 0.382 e. The number of nitrogens with two attached hydrogens (primary N) is 1. The predicted octanol–water partition coefficient (Wildman–Crippen LogP) is 0.796. The predicted molar refractivity (Wildman–Crippen MR) is 59.1 cm³/mol. The van der Waals surface area contributed by atoms with Crippen molar-refractivity contribution in [2.45, 2.75) is 13.8 Å². The summed E-state index contributed by atoms with van der Waals surface area (Å²) in [7, 11) is -3.61. The summed E-state index contributed by atoms with van der Waals surface area (Å²) in [4.78, 5) is 0. The summed E-state index contributed by atoms with van der Waals surface area (Å²) in [6, 6.07) is 0. The van der Waals surface area contributed by atoms with Crippen molar-refractivity contribution >= 4 is 32.0 Å². The highest BCUT2D eigenvalue weighted by Gasteiger charge is 2.24. The maximum absolute atomic E-state index is 11.5. The molecule has 0 aromatic carbocycles. The quantitative estimate of drug-likeness (QED) is 0.813. The Morgan fingerprint density at radius 2 is 2.21 bits per heavy atom. The SMILES string of the molecule is CC(C)CN1C=C(Br)C(N)=NS1(=O)=O. The zero-order valence-electron chi connectivity index (χ0n) is 7.94. The van der Waals surface area contributed by atoms with Gasteiger partial charge in [0.25, 0.3) is 0 Å². The molecule has 0 unspecified atom stereocenters. The van der Waals surface area contributed by atoms with Crippen molar-refractivity contribution in [1.82, 2.24) is 4.31 Å². The zero-order valence-corrected chi connectivity index (χ0v) is 10.3. The van der Waals surface area contributed by atoms with E-state index in [4.69, 9.17) is 5.73 Å². The summed E-state index contributed by atoms with van der Waals surface area (Å²) in [5.41, 5.74) is 5.38. The highest BCUT2D eigenvalue weighted by Crippen LogP contribution is 2.19. The molecule has 0 saturated heterocycles. The van der Waals surface area contributed by atoms with E-state index in [1.807, 2.05) is 13.8 Å². The third-order valence-electron chi connectivity index (χ3n) is 1.56. The fraction of sp³-hybridized carbons (Fsp3) is 0.571. The van der Waals surface area contributed by atoms with E-state index >= 15 is 0 Å². The van der Waals surface area contributed by atoms with Gasteiger partial charge in [-0.15, -0.1) is 4.40 Å². The van der Waals surface area contributed by atoms with Gasteiger partial charge < -0.3 is 5.73 Å². The number of hydrogen-bond acceptors (Lipinski definition) is 3. The van der Waals surface area contributed by atoms with Crippen LogP contribution in [0.4, 0.5) is 0 Å². The van der Waals surface area contributed by atoms with Crippen LogP contribution in [0.15, 0.2) is 15.1 Å². The second-order valence-electron chi connectivity index (χ2n) is 3.39. The Morgan fingerprint density at radius 1 is 1.64 bits per heavy atom. The van der Waals surface area contributed by atoms with Gasteiger partial charge in [-0.1, -0.05) is 13.8 Å². The molecule has 0 aromatic rings. The van der Waals surface area contributed by atoms with Gasteiger partial charge in [0, 0.05) is 12.7 Å². The van der Waals surface area contributed by atoms with E-state index in [9.17, 15) is 8.42 Å². The number of hydrogen-bond donors (Lipinski definition) is 1. The Morgan fingerprint density at radius 3 is 2.71 bits per heavy atom. The summed E-state index contributed by atoms with van der Waals surface area (Å²) in [5, 5.41) is 0. The van der Waals surface area contributed by atoms with E-state index in [1.165, 1.54) is 10.5 Å². The molecule has 1 aliphatic heterocycles. The molecular weight excluding hydrogens is 270 g/mol. The van der Waals surface area contributed by atoms with Crippen LogP contribution in [0.3, 0.4) is 0 Å². The lowest BCUT2D eigenvalue weighted by atomic mass is 10.2. The lowest BCUT2D eigenvalue weighted by Gasteiger charge is -2.23. The standard InChI is InChI=1S/C7H12BrN3O2S/c1-5(2)3-11-4-6(8)7(9)10-14(11,12)13/h4-5H,3H2,1-2H3,(H2,9,10). The Hall–Kier alpha value is -0.560. The number of rotatable bonds is 2. The molecule has 0 bridgehead atoms. The van der Waals surface area contributed by atoms with Crippen molar-refractivity contribution in [2.24, 2.45) is 16.0 Å². The molecule has 0 amide bonds. The van der Waals surface area contributed by atoms with Crippen LogP contribution < -0.4 is 5.73 Å². The summed E-state index contributed by atoms with van der Waals surface area (Å²) in [5.74, 6) is 0.223. The first-order valence-electron chi connectivity index (χ1n) is 4.08. The molecule has 0 aliphatic carbocycles. The maximum Gasteiger partial charge on any atom is 0.346 e. The van der Waals surface area contributed by atoms with E-state index in [-0.39, 0.29) is 11.8 Å². The molecule has 0 saturated carbocycles. The van der Waals surface area contributed by atoms with Crippen LogP contribution in [-0.2, 0) is 10.2 Å². The summed E-state index contributed by atoms with van der Waals surface area (Å²) < 4.78 is 28.0. The van der Waals surface area contributed by atoms with Crippen molar-refractivity contribution < 1.29 is 8.42 Å². The Kier molecular flexibility index (Phi) is 3.20. The van der Waals surface area contributed by atoms with Crippen LogP contribution in [0.1, 0.15) is 13.8 Å². The smallest absolute Gasteiger partial charge is 0.346 e. The first-order valence-corrected chi connectivity index (χ1v) is 6.27. The Labute approximate surface area is 92.0 Å². The third kappa shape index (κ3) is 2.48. The molecule has 1 heterocycles. The second kappa shape index (κ2) is 3.90. The molecular formula is C7H12BrN3O2S. The van der Waals surface area contributed by atoms with E-state index in [0.29, 0.717) is 11.0 Å². The summed E-state index contributed by atoms with van der Waals surface area (Å²) >= 11 is 3.13. The molecule has 14 heavy (non-hydrogen) atoms. The molecule has 0 fully saturated rings. The summed E-state index contributed by atoms with van der Waals surface area (Å²) in [6.07, 6.45) is 1.44. The first-order chi connectivity index (χ1) is 6.33. The van der Waals surface area contributed by atoms with Crippen LogP contribution in [0.2, 0.25) is 0 Å². The van der Waals surface area contributed by atoms with Crippen molar-refractivity contribution in [3.8, 4) is 0 Å². The molecule has 7 heteroatoms. The fourth-order valence-corrected chi connectivity index (χ4v) is 2.75. The minimum Gasteiger partial charge on any atom is -0.382 e. The van der Waals surface area contributed by atoms with Crippen LogP contribution in [0.5, 0.6) is 0 Å². The molecule has 0 aromatic heterocycles. The average Bonchev–Trinajstić information content (AvgIpc) is 1.98. The van der Waals surface area contributed by atoms with Gasteiger partial charge in [0.1, 0.15) is 0 Å². The van der Waals surface area contributed by atoms with Crippen molar-refractivity contribution in [3.63, 3.8) is 0 Å². The van der Waals surface area contributed by atoms with Crippen molar-refractivity contribution in [1.29, 1.82) is 0 Å². The van der Waals surface area contributed by atoms with Gasteiger partial charge >= 0.3 is 10.2 Å². The molecule has 1 rings (SSSR count). The topological polar surface area (TPSA) is 75.8 Å². The summed E-state index contributed by atoms with van der Waals surface area (Å²) in [6.45, 7) is 4.26. The van der Waals surface area contributed by atoms with Crippen molar-refractivity contribution in [3.05, 3.63) is 10.7 Å². The van der Waals surface area contributed by atoms with E-state index < -0.39 is 10.2 Å². The molecule has 80 valence electrons. The van der Waals surface area contributed by atoms with Gasteiger partial charge in [0.15, 0.2) is 5.84 Å². The van der Waals surface area contributed by atoms with Crippen LogP contribution in [0, 0.1) is 5.92 Å². The minimum atomic E-state index is -3.61. The van der Waals surface area contributed by atoms with Crippen LogP contribution >= 0.6 is 15.9 Å². The molecule has 1 aliphatic rings. The fourth-order valence-electron chi connectivity index (χ4n) is 0.986. The number of amidine groups is 1. The average molecular weight is 282 g/mol. The normalized spacial score (nSPS) is 20.7. The van der Waals surface area contributed by atoms with E-state index in [1.54, 1.807) is 0 Å². The highest BCUT2D eigenvalue weighted by atomic mass is 79.9. The van der Waals surface area contributed by atoms with E-state index in [2.05, 4.69) is 20.3 Å². The van der Waals surface area contributed by atoms with Crippen LogP contribution in [-0.4, -0.2) is 25.1 Å². The monoisotopic (exact) mass is 281 g/mol. The van der Waals surface area contributed by atoms with Gasteiger partial charge in [-0.2, -0.15) is 8.42 Å². The van der Waals surface area contributed by atoms with Gasteiger partial charge in [0.05, 0.1) is 4.48 Å². The number of nitrogens with zero attached hydrogens (tertiary/aromatic N) is 2. The number of halogens is 1. The second-order valence-corrected chi connectivity index (χ2v) is 5.80. The Balaban J connectivity index is 3.00. The van der Waals surface area contributed by atoms with Gasteiger partial charge in [0.2, 0.25) is 0 Å². The van der Waals surface area contributed by atoms with Gasteiger partial charge in [-0.25, -0.2) is 0 Å². The molecule has 5 nitrogen and oxygen atoms in total. The third-order valence-corrected chi connectivity index (χ3v) is 3.44. The minimum absolute atomic E-state index is 0.00925. The van der Waals surface area contributed by atoms with Gasteiger partial charge in [-0.3, -0.25) is 4.31 Å². The van der Waals surface area contributed by atoms with Crippen LogP contribution in [0.25, 0.3) is 0 Å². The highest BCUT2D eigenvalue weighted by molar-refractivity contribution is 9.12. The maximum atomic E-state index is 11.5. The first kappa shape index (κ1) is 11.5. The molecule has 2 N–H and O–H groups in total. The van der Waals surface area contributed by atoms with E-state index in [0.717, 1.165) is 0 Å². The Bertz CT molecular complexity index is 386.